The fraction of sp³-hybridized carbons (Fsp3) is 0.182. The summed E-state index contributed by atoms with van der Waals surface area (Å²) in [6.07, 6.45) is -0.709. The van der Waals surface area contributed by atoms with Crippen LogP contribution in [0.3, 0.4) is 0 Å². The van der Waals surface area contributed by atoms with Gasteiger partial charge in [0.1, 0.15) is 12.3 Å². The molecular formula is C22H20N4O6. The van der Waals surface area contributed by atoms with Crippen LogP contribution in [0.5, 0.6) is 0 Å². The molecule has 0 bridgehead atoms. The van der Waals surface area contributed by atoms with Crippen molar-refractivity contribution in [3.05, 3.63) is 71.4 Å². The Morgan fingerprint density at radius 2 is 1.69 bits per heavy atom. The number of carbonyl (C=O) groups is 3. The zero-order valence-electron chi connectivity index (χ0n) is 17.1. The second kappa shape index (κ2) is 8.90. The maximum absolute atomic E-state index is 12.4. The van der Waals surface area contributed by atoms with Crippen LogP contribution in [0.4, 0.5) is 10.6 Å². The van der Waals surface area contributed by atoms with Gasteiger partial charge in [-0.3, -0.25) is 19.6 Å². The topological polar surface area (TPSA) is 132 Å². The third-order valence-electron chi connectivity index (χ3n) is 5.05. The lowest BCUT2D eigenvalue weighted by atomic mass is 9.98. The molecule has 1 aromatic heterocycles. The number of nitrogens with zero attached hydrogens (tertiary/aromatic N) is 2. The molecule has 2 amide bonds. The molecule has 0 radical (unpaired) electrons. The third kappa shape index (κ3) is 4.30. The largest absolute Gasteiger partial charge is 0.479 e. The zero-order chi connectivity index (χ0) is 22.7. The number of carboxylic acids is 1. The van der Waals surface area contributed by atoms with Gasteiger partial charge in [-0.25, -0.2) is 15.1 Å². The predicted octanol–water partition coefficient (Wildman–Crippen LogP) is 2.53. The van der Waals surface area contributed by atoms with Crippen LogP contribution >= 0.6 is 0 Å². The first-order valence-corrected chi connectivity index (χ1v) is 9.74. The van der Waals surface area contributed by atoms with Crippen LogP contribution in [0.15, 0.2) is 54.6 Å². The summed E-state index contributed by atoms with van der Waals surface area (Å²) < 4.78 is 6.68. The highest BCUT2D eigenvalue weighted by Crippen LogP contribution is 2.44. The Balaban J connectivity index is 1.38. The van der Waals surface area contributed by atoms with Gasteiger partial charge in [0, 0.05) is 19.0 Å². The average molecular weight is 436 g/mol. The molecule has 1 aliphatic carbocycles. The average Bonchev–Trinajstić information content (AvgIpc) is 3.29. The van der Waals surface area contributed by atoms with Crippen molar-refractivity contribution in [3.63, 3.8) is 0 Å². The van der Waals surface area contributed by atoms with Gasteiger partial charge in [0.25, 0.3) is 5.91 Å². The van der Waals surface area contributed by atoms with E-state index in [-0.39, 0.29) is 24.0 Å². The number of aryl methyl sites for hydroxylation is 1. The first kappa shape index (κ1) is 21.1. The van der Waals surface area contributed by atoms with Crippen LogP contribution in [0.1, 0.15) is 27.5 Å². The smallest absolute Gasteiger partial charge is 0.412 e. The Morgan fingerprint density at radius 1 is 1.06 bits per heavy atom. The number of amides is 2. The van der Waals surface area contributed by atoms with E-state index in [1.807, 2.05) is 41.9 Å². The van der Waals surface area contributed by atoms with Crippen molar-refractivity contribution in [3.8, 4) is 11.1 Å². The van der Waals surface area contributed by atoms with Crippen LogP contribution in [0, 0.1) is 0 Å². The summed E-state index contributed by atoms with van der Waals surface area (Å²) in [6, 6.07) is 17.3. The summed E-state index contributed by atoms with van der Waals surface area (Å²) in [7, 11) is 1.50. The van der Waals surface area contributed by atoms with Crippen molar-refractivity contribution in [2.24, 2.45) is 7.05 Å². The minimum atomic E-state index is -1.23. The Kier molecular flexibility index (Phi) is 5.86. The van der Waals surface area contributed by atoms with E-state index in [0.29, 0.717) is 0 Å². The predicted molar refractivity (Wildman–Crippen MR) is 113 cm³/mol. The fourth-order valence-electron chi connectivity index (χ4n) is 3.70. The van der Waals surface area contributed by atoms with Crippen molar-refractivity contribution in [2.75, 3.05) is 18.5 Å². The van der Waals surface area contributed by atoms with E-state index < -0.39 is 24.6 Å². The summed E-state index contributed by atoms with van der Waals surface area (Å²) in [5, 5.41) is 15.1. The number of nitrogens with one attached hydrogen (secondary N) is 2. The zero-order valence-corrected chi connectivity index (χ0v) is 17.1. The molecule has 0 unspecified atom stereocenters. The van der Waals surface area contributed by atoms with Crippen molar-refractivity contribution in [2.45, 2.75) is 5.92 Å². The summed E-state index contributed by atoms with van der Waals surface area (Å²) in [5.74, 6) is -1.91. The van der Waals surface area contributed by atoms with Gasteiger partial charge in [0.05, 0.1) is 0 Å². The molecule has 2 aromatic carbocycles. The van der Waals surface area contributed by atoms with Gasteiger partial charge in [-0.2, -0.15) is 5.10 Å². The number of rotatable bonds is 7. The number of hydroxylamine groups is 1. The lowest BCUT2D eigenvalue weighted by Crippen LogP contribution is -2.28. The molecule has 3 aromatic rings. The molecule has 1 aliphatic rings. The van der Waals surface area contributed by atoms with Crippen LogP contribution in [0.2, 0.25) is 0 Å². The van der Waals surface area contributed by atoms with E-state index in [1.54, 1.807) is 0 Å². The molecule has 0 atom stereocenters. The number of hydrogen-bond donors (Lipinski definition) is 3. The molecule has 10 heteroatoms. The van der Waals surface area contributed by atoms with Gasteiger partial charge in [-0.05, 0) is 22.3 Å². The number of aromatic nitrogens is 2. The highest BCUT2D eigenvalue weighted by atomic mass is 16.7. The van der Waals surface area contributed by atoms with Crippen molar-refractivity contribution in [1.82, 2.24) is 15.3 Å². The van der Waals surface area contributed by atoms with E-state index in [4.69, 9.17) is 9.84 Å². The van der Waals surface area contributed by atoms with Gasteiger partial charge in [0.15, 0.2) is 12.4 Å². The molecule has 0 spiro atoms. The Morgan fingerprint density at radius 3 is 2.31 bits per heavy atom. The number of benzene rings is 2. The van der Waals surface area contributed by atoms with E-state index in [1.165, 1.54) is 17.8 Å². The summed E-state index contributed by atoms with van der Waals surface area (Å²) >= 11 is 0. The Labute approximate surface area is 182 Å². The van der Waals surface area contributed by atoms with Crippen molar-refractivity contribution < 1.29 is 29.1 Å². The van der Waals surface area contributed by atoms with Gasteiger partial charge in [-0.1, -0.05) is 48.5 Å². The minimum Gasteiger partial charge on any atom is -0.479 e. The highest BCUT2D eigenvalue weighted by molar-refractivity contribution is 5.94. The Hall–Kier alpha value is -4.18. The number of ether oxygens (including phenoxy) is 1. The lowest BCUT2D eigenvalue weighted by molar-refractivity contribution is -0.144. The monoisotopic (exact) mass is 436 g/mol. The van der Waals surface area contributed by atoms with E-state index >= 15 is 0 Å². The van der Waals surface area contributed by atoms with Crippen LogP contribution in [-0.2, 0) is 21.4 Å². The maximum Gasteiger partial charge on any atom is 0.412 e. The van der Waals surface area contributed by atoms with Crippen LogP contribution < -0.4 is 10.8 Å². The van der Waals surface area contributed by atoms with Gasteiger partial charge in [-0.15, -0.1) is 0 Å². The van der Waals surface area contributed by atoms with E-state index in [0.717, 1.165) is 22.3 Å². The van der Waals surface area contributed by atoms with Gasteiger partial charge in [0.2, 0.25) is 0 Å². The molecule has 0 saturated carbocycles. The number of carbonyl (C=O) groups excluding carboxylic acids is 2. The normalized spacial score (nSPS) is 12.0. The quantitative estimate of drug-likeness (QED) is 0.485. The molecule has 1 heterocycles. The maximum atomic E-state index is 12.4. The molecule has 0 aliphatic heterocycles. The first-order chi connectivity index (χ1) is 15.4. The summed E-state index contributed by atoms with van der Waals surface area (Å²) in [6.45, 7) is -0.544. The first-order valence-electron chi connectivity index (χ1n) is 9.74. The molecular weight excluding hydrogens is 416 g/mol. The number of hydrogen-bond acceptors (Lipinski definition) is 6. The van der Waals surface area contributed by atoms with E-state index in [2.05, 4.69) is 27.4 Å². The Bertz CT molecular complexity index is 1140. The lowest BCUT2D eigenvalue weighted by Gasteiger charge is -2.14. The third-order valence-corrected chi connectivity index (χ3v) is 5.05. The van der Waals surface area contributed by atoms with E-state index in [9.17, 15) is 14.4 Å². The molecule has 4 rings (SSSR count). The van der Waals surface area contributed by atoms with Crippen molar-refractivity contribution >= 4 is 23.8 Å². The van der Waals surface area contributed by atoms with Crippen LogP contribution in [-0.4, -0.2) is 46.1 Å². The second-order valence-corrected chi connectivity index (χ2v) is 7.10. The SMILES string of the molecule is Cn1nc(NC(=O)OCC2c3ccccc3-c3ccccc32)cc1C(=O)NOCC(=O)O. The fourth-order valence-corrected chi connectivity index (χ4v) is 3.70. The summed E-state index contributed by atoms with van der Waals surface area (Å²) in [5.41, 5.74) is 6.50. The standard InChI is InChI=1S/C22H20N4O6/c1-26-18(21(29)25-32-12-20(27)28)10-19(24-26)23-22(30)31-11-17-15-8-4-2-6-13(15)14-7-3-5-9-16(14)17/h2-10,17H,11-12H2,1H3,(H,25,29)(H,27,28)(H,23,24,30). The number of aliphatic carboxylic acids is 1. The number of fused-ring (bicyclic) bond motifs is 3. The van der Waals surface area contributed by atoms with Crippen LogP contribution in [0.25, 0.3) is 11.1 Å². The molecule has 164 valence electrons. The molecule has 10 nitrogen and oxygen atoms in total. The van der Waals surface area contributed by atoms with Gasteiger partial charge >= 0.3 is 12.1 Å². The highest BCUT2D eigenvalue weighted by Gasteiger charge is 2.29. The molecule has 3 N–H and O–H groups in total. The number of carboxylic acid groups (broad SMARTS) is 1. The number of anilines is 1. The summed E-state index contributed by atoms with van der Waals surface area (Å²) in [4.78, 5) is 39.4. The van der Waals surface area contributed by atoms with Gasteiger partial charge < -0.3 is 9.84 Å². The molecule has 0 saturated heterocycles. The molecule has 32 heavy (non-hydrogen) atoms. The van der Waals surface area contributed by atoms with Crippen molar-refractivity contribution in [1.29, 1.82) is 0 Å². The second-order valence-electron chi connectivity index (χ2n) is 7.10. The molecule has 0 fully saturated rings. The minimum absolute atomic E-state index is 0.0596.